The van der Waals surface area contributed by atoms with Crippen LogP contribution in [0, 0.1) is 0 Å². The molecule has 0 amide bonds. The van der Waals surface area contributed by atoms with Crippen LogP contribution in [0.3, 0.4) is 0 Å². The summed E-state index contributed by atoms with van der Waals surface area (Å²) in [4.78, 5) is 9.84. The van der Waals surface area contributed by atoms with Crippen molar-refractivity contribution in [1.82, 2.24) is 0 Å². The van der Waals surface area contributed by atoms with E-state index in [1.807, 2.05) is 0 Å². The highest BCUT2D eigenvalue weighted by Crippen LogP contribution is 2.08. The predicted octanol–water partition coefficient (Wildman–Crippen LogP) is 2.34. The van der Waals surface area contributed by atoms with Crippen molar-refractivity contribution in [3.8, 4) is 0 Å². The Balaban J connectivity index is 0. The molecule has 0 aliphatic heterocycles. The van der Waals surface area contributed by atoms with Gasteiger partial charge in [0.05, 0.1) is 7.11 Å². The van der Waals surface area contributed by atoms with E-state index in [9.17, 15) is 22.4 Å². The molecular weight excluding hydrogens is 180 g/mol. The van der Waals surface area contributed by atoms with Gasteiger partial charge in [-0.05, 0) is 0 Å². The normalized spacial score (nSPS) is 7.42. The van der Waals surface area contributed by atoms with E-state index in [-0.39, 0.29) is 0 Å². The Hall–Kier alpha value is -1.33. The van der Waals surface area contributed by atoms with Crippen LogP contribution in [0.15, 0.2) is 24.8 Å². The molecule has 2 nitrogen and oxygen atoms in total. The number of halogens is 4. The molecule has 0 aromatic carbocycles. The Morgan fingerprint density at radius 2 is 1.58 bits per heavy atom. The minimum absolute atomic E-state index is 0.394. The molecule has 0 aliphatic carbocycles. The Labute approximate surface area is 66.1 Å². The van der Waals surface area contributed by atoms with Gasteiger partial charge >= 0.3 is 18.1 Å². The molecule has 6 heteroatoms. The van der Waals surface area contributed by atoms with Crippen LogP contribution < -0.4 is 0 Å². The molecule has 0 N–H and O–H groups in total. The van der Waals surface area contributed by atoms with Crippen molar-refractivity contribution >= 4 is 5.97 Å². The van der Waals surface area contributed by atoms with E-state index < -0.39 is 18.1 Å². The molecule has 0 heterocycles. The van der Waals surface area contributed by atoms with Crippen molar-refractivity contribution in [3.05, 3.63) is 24.8 Å². The lowest BCUT2D eigenvalue weighted by Crippen LogP contribution is -1.91. The third kappa shape index (κ3) is 11.5. The first-order valence-corrected chi connectivity index (χ1v) is 2.52. The number of carbonyl (C=O) groups is 1. The minimum Gasteiger partial charge on any atom is -0.466 e. The van der Waals surface area contributed by atoms with Crippen LogP contribution in [-0.4, -0.2) is 13.1 Å². The summed E-state index contributed by atoms with van der Waals surface area (Å²) in [7, 11) is 1.31. The molecule has 0 bridgehead atoms. The number of hydrogen-bond acceptors (Lipinski definition) is 2. The average Bonchev–Trinajstić information content (AvgIpc) is 2.04. The van der Waals surface area contributed by atoms with E-state index in [0.717, 1.165) is 6.08 Å². The van der Waals surface area contributed by atoms with Gasteiger partial charge in [0.2, 0.25) is 0 Å². The number of esters is 1. The molecule has 0 aromatic heterocycles. The molecule has 0 aromatic rings. The lowest BCUT2D eigenvalue weighted by atomic mass is 10.7. The number of rotatable bonds is 1. The van der Waals surface area contributed by atoms with Crippen LogP contribution in [0.2, 0.25) is 0 Å². The Morgan fingerprint density at radius 1 is 1.25 bits per heavy atom. The van der Waals surface area contributed by atoms with E-state index in [1.165, 1.54) is 7.11 Å². The fourth-order valence-electron chi connectivity index (χ4n) is 0.0833. The fourth-order valence-corrected chi connectivity index (χ4v) is 0.0833. The van der Waals surface area contributed by atoms with Gasteiger partial charge in [-0.2, -0.15) is 17.6 Å². The SMILES string of the molecule is C=CC(=O)OC.FC(F)=C(F)F. The summed E-state index contributed by atoms with van der Waals surface area (Å²) in [6.45, 7) is 3.16. The fraction of sp³-hybridized carbons (Fsp3) is 0.167. The molecule has 0 atom stereocenters. The van der Waals surface area contributed by atoms with E-state index >= 15 is 0 Å². The van der Waals surface area contributed by atoms with Gasteiger partial charge in [0, 0.05) is 6.08 Å². The first kappa shape index (κ1) is 13.3. The zero-order valence-electron chi connectivity index (χ0n) is 6.11. The first-order chi connectivity index (χ1) is 5.45. The summed E-state index contributed by atoms with van der Waals surface area (Å²) in [5.41, 5.74) is 0. The molecular formula is C6H6F4O2. The van der Waals surface area contributed by atoms with Gasteiger partial charge in [-0.1, -0.05) is 6.58 Å². The molecule has 0 saturated carbocycles. The first-order valence-electron chi connectivity index (χ1n) is 2.52. The molecule has 0 spiro atoms. The lowest BCUT2D eigenvalue weighted by Gasteiger charge is -1.83. The van der Waals surface area contributed by atoms with E-state index in [2.05, 4.69) is 11.3 Å². The number of carbonyl (C=O) groups excluding carboxylic acids is 1. The van der Waals surface area contributed by atoms with E-state index in [0.29, 0.717) is 0 Å². The van der Waals surface area contributed by atoms with Crippen LogP contribution in [0.1, 0.15) is 0 Å². The van der Waals surface area contributed by atoms with Gasteiger partial charge in [-0.3, -0.25) is 0 Å². The van der Waals surface area contributed by atoms with Crippen molar-refractivity contribution in [1.29, 1.82) is 0 Å². The van der Waals surface area contributed by atoms with Gasteiger partial charge in [0.15, 0.2) is 0 Å². The zero-order valence-corrected chi connectivity index (χ0v) is 6.11. The highest BCUT2D eigenvalue weighted by atomic mass is 19.3. The van der Waals surface area contributed by atoms with Crippen molar-refractivity contribution < 1.29 is 27.1 Å². The summed E-state index contributed by atoms with van der Waals surface area (Å²) >= 11 is 0. The zero-order chi connectivity index (χ0) is 10.1. The third-order valence-electron chi connectivity index (χ3n) is 0.511. The van der Waals surface area contributed by atoms with E-state index in [4.69, 9.17) is 0 Å². The van der Waals surface area contributed by atoms with Crippen molar-refractivity contribution in [3.63, 3.8) is 0 Å². The van der Waals surface area contributed by atoms with Crippen LogP contribution in [0.5, 0.6) is 0 Å². The smallest absolute Gasteiger partial charge is 0.334 e. The molecule has 0 radical (unpaired) electrons. The lowest BCUT2D eigenvalue weighted by molar-refractivity contribution is -0.134. The second-order valence-corrected chi connectivity index (χ2v) is 1.25. The Morgan fingerprint density at radius 3 is 1.58 bits per heavy atom. The van der Waals surface area contributed by atoms with Gasteiger partial charge in [-0.15, -0.1) is 0 Å². The second kappa shape index (κ2) is 7.77. The number of ether oxygens (including phenoxy) is 1. The minimum atomic E-state index is -2.91. The topological polar surface area (TPSA) is 26.3 Å². The van der Waals surface area contributed by atoms with Crippen molar-refractivity contribution in [2.24, 2.45) is 0 Å². The molecule has 70 valence electrons. The van der Waals surface area contributed by atoms with Crippen LogP contribution in [0.25, 0.3) is 0 Å². The van der Waals surface area contributed by atoms with Gasteiger partial charge in [0.25, 0.3) is 0 Å². The van der Waals surface area contributed by atoms with Crippen LogP contribution in [0.4, 0.5) is 17.6 Å². The summed E-state index contributed by atoms with van der Waals surface area (Å²) < 4.78 is 45.3. The Kier molecular flexibility index (Phi) is 8.60. The van der Waals surface area contributed by atoms with Crippen molar-refractivity contribution in [2.45, 2.75) is 0 Å². The molecule has 0 rings (SSSR count). The molecule has 12 heavy (non-hydrogen) atoms. The van der Waals surface area contributed by atoms with Crippen molar-refractivity contribution in [2.75, 3.05) is 7.11 Å². The molecule has 0 fully saturated rings. The van der Waals surface area contributed by atoms with E-state index in [1.54, 1.807) is 0 Å². The quantitative estimate of drug-likeness (QED) is 0.357. The summed E-state index contributed by atoms with van der Waals surface area (Å²) in [5.74, 6) is -0.394. The van der Waals surface area contributed by atoms with Crippen LogP contribution >= 0.6 is 0 Å². The molecule has 0 aliphatic rings. The monoisotopic (exact) mass is 186 g/mol. The summed E-state index contributed by atoms with van der Waals surface area (Å²) in [5, 5.41) is 0. The maximum absolute atomic E-state index is 10.3. The van der Waals surface area contributed by atoms with Gasteiger partial charge < -0.3 is 4.74 Å². The summed E-state index contributed by atoms with van der Waals surface area (Å²) in [6, 6.07) is 0. The van der Waals surface area contributed by atoms with Crippen LogP contribution in [-0.2, 0) is 9.53 Å². The summed E-state index contributed by atoms with van der Waals surface area (Å²) in [6.07, 6.45) is -4.70. The molecule has 0 unspecified atom stereocenters. The number of hydrogen-bond donors (Lipinski definition) is 0. The standard InChI is InChI=1S/C4H6O2.C2F4/c1-3-4(5)6-2;3-1(4)2(5)6/h3H,1H2,2H3;. The highest BCUT2D eigenvalue weighted by molar-refractivity contribution is 5.80. The second-order valence-electron chi connectivity index (χ2n) is 1.25. The third-order valence-corrected chi connectivity index (χ3v) is 0.511. The van der Waals surface area contributed by atoms with Gasteiger partial charge in [-0.25, -0.2) is 4.79 Å². The molecule has 0 saturated heterocycles. The predicted molar refractivity (Wildman–Crippen MR) is 33.7 cm³/mol. The number of methoxy groups -OCH3 is 1. The largest absolute Gasteiger partial charge is 0.466 e. The van der Waals surface area contributed by atoms with Gasteiger partial charge in [0.1, 0.15) is 0 Å². The highest BCUT2D eigenvalue weighted by Gasteiger charge is 1.98. The Bertz CT molecular complexity index is 170. The maximum Gasteiger partial charge on any atom is 0.334 e. The average molecular weight is 186 g/mol. The maximum atomic E-state index is 10.3.